The summed E-state index contributed by atoms with van der Waals surface area (Å²) in [7, 11) is 1.33. The standard InChI is InChI=1S/C20H24N4O3/c1-3-17-6-4-5-11-24(17)20-21-12-15(13-22-20)18(25)23-16-9-7-14(8-10-16)19(26)27-2/h7-10,12-13,17H,3-6,11H2,1-2H3,(H,23,25). The number of anilines is 2. The van der Waals surface area contributed by atoms with Crippen molar-refractivity contribution < 1.29 is 14.3 Å². The van der Waals surface area contributed by atoms with Gasteiger partial charge in [0.1, 0.15) is 0 Å². The molecule has 0 spiro atoms. The summed E-state index contributed by atoms with van der Waals surface area (Å²) in [4.78, 5) is 34.9. The van der Waals surface area contributed by atoms with Crippen molar-refractivity contribution in [2.75, 3.05) is 23.9 Å². The summed E-state index contributed by atoms with van der Waals surface area (Å²) in [6, 6.07) is 6.97. The van der Waals surface area contributed by atoms with E-state index in [1.165, 1.54) is 13.5 Å². The van der Waals surface area contributed by atoms with Crippen LogP contribution in [0.1, 0.15) is 53.3 Å². The summed E-state index contributed by atoms with van der Waals surface area (Å²) < 4.78 is 4.66. The van der Waals surface area contributed by atoms with Crippen LogP contribution in [0.2, 0.25) is 0 Å². The fourth-order valence-electron chi connectivity index (χ4n) is 3.29. The first kappa shape index (κ1) is 18.8. The second-order valence-corrected chi connectivity index (χ2v) is 6.55. The highest BCUT2D eigenvalue weighted by Gasteiger charge is 2.23. The molecule has 1 aromatic heterocycles. The number of benzene rings is 1. The van der Waals surface area contributed by atoms with Gasteiger partial charge < -0.3 is 15.0 Å². The zero-order valence-electron chi connectivity index (χ0n) is 15.6. The van der Waals surface area contributed by atoms with E-state index in [1.807, 2.05) is 0 Å². The van der Waals surface area contributed by atoms with E-state index in [2.05, 4.69) is 31.8 Å². The Balaban J connectivity index is 1.66. The number of esters is 1. The SMILES string of the molecule is CCC1CCCCN1c1ncc(C(=O)Nc2ccc(C(=O)OC)cc2)cn1. The highest BCUT2D eigenvalue weighted by atomic mass is 16.5. The molecule has 7 heteroatoms. The molecule has 2 aromatic rings. The van der Waals surface area contributed by atoms with Gasteiger partial charge >= 0.3 is 5.97 Å². The highest BCUT2D eigenvalue weighted by Crippen LogP contribution is 2.23. The molecule has 142 valence electrons. The molecule has 1 unspecified atom stereocenters. The Labute approximate surface area is 158 Å². The number of piperidine rings is 1. The first-order chi connectivity index (χ1) is 13.1. The van der Waals surface area contributed by atoms with Crippen molar-refractivity contribution in [2.45, 2.75) is 38.6 Å². The van der Waals surface area contributed by atoms with Crippen LogP contribution in [0.25, 0.3) is 0 Å². The third kappa shape index (κ3) is 4.42. The molecule has 1 aliphatic rings. The molecule has 27 heavy (non-hydrogen) atoms. The van der Waals surface area contributed by atoms with Gasteiger partial charge in [0.05, 0.1) is 18.2 Å². The molecular formula is C20H24N4O3. The van der Waals surface area contributed by atoms with Gasteiger partial charge in [-0.25, -0.2) is 14.8 Å². The number of rotatable bonds is 5. The second-order valence-electron chi connectivity index (χ2n) is 6.55. The van der Waals surface area contributed by atoms with Gasteiger partial charge in [-0.1, -0.05) is 6.92 Å². The number of nitrogens with one attached hydrogen (secondary N) is 1. The Bertz CT molecular complexity index is 790. The molecule has 1 aromatic carbocycles. The monoisotopic (exact) mass is 368 g/mol. The van der Waals surface area contributed by atoms with Crippen molar-refractivity contribution in [3.63, 3.8) is 0 Å². The average molecular weight is 368 g/mol. The van der Waals surface area contributed by atoms with Gasteiger partial charge in [-0.05, 0) is 49.9 Å². The topological polar surface area (TPSA) is 84.4 Å². The molecule has 1 saturated heterocycles. The first-order valence-corrected chi connectivity index (χ1v) is 9.20. The predicted molar refractivity (Wildman–Crippen MR) is 103 cm³/mol. The molecule has 1 N–H and O–H groups in total. The lowest BCUT2D eigenvalue weighted by Gasteiger charge is -2.35. The maximum atomic E-state index is 12.4. The summed E-state index contributed by atoms with van der Waals surface area (Å²) >= 11 is 0. The minimum Gasteiger partial charge on any atom is -0.465 e. The number of hydrogen-bond donors (Lipinski definition) is 1. The Hall–Kier alpha value is -2.96. The quantitative estimate of drug-likeness (QED) is 0.815. The van der Waals surface area contributed by atoms with E-state index >= 15 is 0 Å². The normalized spacial score (nSPS) is 16.7. The summed E-state index contributed by atoms with van der Waals surface area (Å²) in [5, 5.41) is 2.78. The van der Waals surface area contributed by atoms with Crippen LogP contribution >= 0.6 is 0 Å². The summed E-state index contributed by atoms with van der Waals surface area (Å²) in [5.74, 6) is -0.0291. The Morgan fingerprint density at radius 3 is 2.48 bits per heavy atom. The molecule has 0 radical (unpaired) electrons. The van der Waals surface area contributed by atoms with Crippen LogP contribution in [0.4, 0.5) is 11.6 Å². The number of ether oxygens (including phenoxy) is 1. The zero-order chi connectivity index (χ0) is 19.2. The minimum atomic E-state index is -0.417. The number of hydrogen-bond acceptors (Lipinski definition) is 6. The summed E-state index contributed by atoms with van der Waals surface area (Å²) in [6.45, 7) is 3.13. The molecule has 0 bridgehead atoms. The van der Waals surface area contributed by atoms with Crippen molar-refractivity contribution in [3.8, 4) is 0 Å². The van der Waals surface area contributed by atoms with Crippen molar-refractivity contribution in [2.24, 2.45) is 0 Å². The maximum Gasteiger partial charge on any atom is 0.337 e. The lowest BCUT2D eigenvalue weighted by molar-refractivity contribution is 0.0600. The molecule has 1 fully saturated rings. The molecule has 0 saturated carbocycles. The largest absolute Gasteiger partial charge is 0.465 e. The molecule has 3 rings (SSSR count). The van der Waals surface area contributed by atoms with E-state index < -0.39 is 5.97 Å². The van der Waals surface area contributed by atoms with Crippen LogP contribution in [-0.4, -0.2) is 41.5 Å². The van der Waals surface area contributed by atoms with Gasteiger partial charge in [0.25, 0.3) is 5.91 Å². The van der Waals surface area contributed by atoms with Crippen molar-refractivity contribution in [1.82, 2.24) is 9.97 Å². The van der Waals surface area contributed by atoms with Crippen LogP contribution in [0.3, 0.4) is 0 Å². The molecule has 2 heterocycles. The number of carbonyl (C=O) groups excluding carboxylic acids is 2. The molecular weight excluding hydrogens is 344 g/mol. The van der Waals surface area contributed by atoms with Crippen molar-refractivity contribution in [3.05, 3.63) is 47.8 Å². The number of nitrogens with zero attached hydrogens (tertiary/aromatic N) is 3. The molecule has 1 atom stereocenters. The zero-order valence-corrected chi connectivity index (χ0v) is 15.6. The van der Waals surface area contributed by atoms with E-state index in [1.54, 1.807) is 36.7 Å². The second kappa shape index (κ2) is 8.62. The van der Waals surface area contributed by atoms with Crippen LogP contribution in [0.5, 0.6) is 0 Å². The lowest BCUT2D eigenvalue weighted by Crippen LogP contribution is -2.40. The summed E-state index contributed by atoms with van der Waals surface area (Å²) in [5.41, 5.74) is 1.40. The Morgan fingerprint density at radius 2 is 1.85 bits per heavy atom. The van der Waals surface area contributed by atoms with Gasteiger partial charge in [0.15, 0.2) is 0 Å². The van der Waals surface area contributed by atoms with E-state index in [0.717, 1.165) is 25.8 Å². The van der Waals surface area contributed by atoms with Crippen molar-refractivity contribution in [1.29, 1.82) is 0 Å². The van der Waals surface area contributed by atoms with Gasteiger partial charge in [-0.15, -0.1) is 0 Å². The fourth-order valence-corrected chi connectivity index (χ4v) is 3.29. The number of aromatic nitrogens is 2. The van der Waals surface area contributed by atoms with Gasteiger partial charge in [-0.3, -0.25) is 4.79 Å². The smallest absolute Gasteiger partial charge is 0.337 e. The minimum absolute atomic E-state index is 0.293. The number of methoxy groups -OCH3 is 1. The number of amides is 1. The molecule has 1 aliphatic heterocycles. The number of carbonyl (C=O) groups is 2. The summed E-state index contributed by atoms with van der Waals surface area (Å²) in [6.07, 6.45) is 7.72. The van der Waals surface area contributed by atoms with Crippen molar-refractivity contribution >= 4 is 23.5 Å². The predicted octanol–water partition coefficient (Wildman–Crippen LogP) is 3.28. The molecule has 0 aliphatic carbocycles. The van der Waals surface area contributed by atoms with E-state index in [0.29, 0.717) is 28.8 Å². The highest BCUT2D eigenvalue weighted by molar-refractivity contribution is 6.04. The van der Waals surface area contributed by atoms with E-state index in [9.17, 15) is 9.59 Å². The maximum absolute atomic E-state index is 12.4. The lowest BCUT2D eigenvalue weighted by atomic mass is 10.0. The van der Waals surface area contributed by atoms with Gasteiger partial charge in [0.2, 0.25) is 5.95 Å². The van der Waals surface area contributed by atoms with E-state index in [-0.39, 0.29) is 5.91 Å². The third-order valence-electron chi connectivity index (χ3n) is 4.82. The van der Waals surface area contributed by atoms with Gasteiger partial charge in [0, 0.05) is 30.7 Å². The first-order valence-electron chi connectivity index (χ1n) is 9.20. The van der Waals surface area contributed by atoms with Crippen LogP contribution < -0.4 is 10.2 Å². The molecule has 7 nitrogen and oxygen atoms in total. The Morgan fingerprint density at radius 1 is 1.15 bits per heavy atom. The average Bonchev–Trinajstić information content (AvgIpc) is 2.73. The Kier molecular flexibility index (Phi) is 6.01. The van der Waals surface area contributed by atoms with Gasteiger partial charge in [-0.2, -0.15) is 0 Å². The van der Waals surface area contributed by atoms with Crippen LogP contribution in [0, 0.1) is 0 Å². The molecule has 1 amide bonds. The fraction of sp³-hybridized carbons (Fsp3) is 0.400. The van der Waals surface area contributed by atoms with Crippen LogP contribution in [-0.2, 0) is 4.74 Å². The van der Waals surface area contributed by atoms with Crippen LogP contribution in [0.15, 0.2) is 36.7 Å². The third-order valence-corrected chi connectivity index (χ3v) is 4.82. The van der Waals surface area contributed by atoms with E-state index in [4.69, 9.17) is 0 Å².